The molecule has 0 aliphatic carbocycles. The van der Waals surface area contributed by atoms with Crippen molar-refractivity contribution < 1.29 is 33.3 Å². The third-order valence-electron chi connectivity index (χ3n) is 10.9. The molecule has 9 rings (SSSR count). The number of nitrogens with one attached hydrogen (secondary N) is 1. The van der Waals surface area contributed by atoms with Gasteiger partial charge in [-0.05, 0) is 76.9 Å². The van der Waals surface area contributed by atoms with Crippen molar-refractivity contribution in [3.63, 3.8) is 0 Å². The van der Waals surface area contributed by atoms with Gasteiger partial charge in [0.05, 0.1) is 48.8 Å². The number of methoxy groups -OCH3 is 2. The Balaban J connectivity index is 0.968. The van der Waals surface area contributed by atoms with Crippen molar-refractivity contribution in [2.45, 2.75) is 51.0 Å². The maximum atomic E-state index is 13.9. The molecule has 0 bridgehead atoms. The van der Waals surface area contributed by atoms with Crippen molar-refractivity contribution in [2.24, 2.45) is 9.98 Å². The van der Waals surface area contributed by atoms with Gasteiger partial charge in [0.2, 0.25) is 5.91 Å². The minimum absolute atomic E-state index is 0.0993. The maximum absolute atomic E-state index is 13.9. The fourth-order valence-corrected chi connectivity index (χ4v) is 8.32. The van der Waals surface area contributed by atoms with Crippen molar-refractivity contribution in [2.75, 3.05) is 35.1 Å². The lowest BCUT2D eigenvalue weighted by Crippen LogP contribution is -2.37. The molecule has 5 aromatic carbocycles. The second-order valence-electron chi connectivity index (χ2n) is 14.7. The van der Waals surface area contributed by atoms with E-state index in [1.54, 1.807) is 34.1 Å². The molecule has 298 valence electrons. The number of aliphatic imine (C=N–C) groups is 2. The maximum Gasteiger partial charge on any atom is 0.261 e. The van der Waals surface area contributed by atoms with Gasteiger partial charge in [-0.25, -0.2) is 0 Å². The minimum Gasteiger partial charge on any atom is -0.493 e. The molecule has 0 aromatic heterocycles. The molecule has 4 heterocycles. The summed E-state index contributed by atoms with van der Waals surface area (Å²) in [6, 6.07) is 27.9. The van der Waals surface area contributed by atoms with Crippen LogP contribution in [0.1, 0.15) is 55.8 Å². The number of hydrogen-bond donors (Lipinski definition) is 2. The average molecular weight is 808 g/mol. The third-order valence-corrected chi connectivity index (χ3v) is 11.3. The van der Waals surface area contributed by atoms with Crippen LogP contribution in [-0.2, 0) is 30.8 Å². The minimum atomic E-state index is -0.189. The monoisotopic (exact) mass is 807 g/mol. The summed E-state index contributed by atoms with van der Waals surface area (Å²) in [5.41, 5.74) is 7.86. The van der Waals surface area contributed by atoms with E-state index in [2.05, 4.69) is 17.9 Å². The van der Waals surface area contributed by atoms with Crippen LogP contribution in [-0.4, -0.2) is 62.2 Å². The van der Waals surface area contributed by atoms with Crippen LogP contribution in [0.3, 0.4) is 0 Å². The van der Waals surface area contributed by atoms with Gasteiger partial charge in [0, 0.05) is 60.9 Å². The summed E-state index contributed by atoms with van der Waals surface area (Å²) in [7, 11) is 3.06. The predicted molar refractivity (Wildman–Crippen MR) is 231 cm³/mol. The molecular formula is C46H41N5O7S. The smallest absolute Gasteiger partial charge is 0.261 e. The first-order chi connectivity index (χ1) is 28.8. The van der Waals surface area contributed by atoms with Crippen molar-refractivity contribution in [1.29, 1.82) is 0 Å². The average Bonchev–Trinajstić information content (AvgIpc) is 3.75. The van der Waals surface area contributed by atoms with Crippen LogP contribution in [0.2, 0.25) is 0 Å². The molecule has 5 aromatic rings. The van der Waals surface area contributed by atoms with E-state index >= 15 is 0 Å². The number of fused-ring (bicyclic) bond motifs is 8. The molecule has 3 amide bonds. The van der Waals surface area contributed by atoms with Crippen LogP contribution < -0.4 is 34.1 Å². The Bertz CT molecular complexity index is 2410. The van der Waals surface area contributed by atoms with E-state index in [4.69, 9.17) is 28.9 Å². The van der Waals surface area contributed by atoms with Crippen LogP contribution in [0.4, 0.5) is 28.4 Å². The Morgan fingerprint density at radius 2 is 1.19 bits per heavy atom. The number of carbonyl (C=O) groups excluding carboxylic acids is 3. The normalized spacial score (nSPS) is 16.9. The number of nitrogens with zero attached hydrogens (tertiary/aromatic N) is 4. The number of carbonyl (C=O) groups is 3. The fraction of sp³-hybridized carbons (Fsp3) is 0.239. The fourth-order valence-electron chi connectivity index (χ4n) is 8.16. The molecule has 12 nitrogen and oxygen atoms in total. The summed E-state index contributed by atoms with van der Waals surface area (Å²) in [4.78, 5) is 53.7. The number of thiol groups is 1. The van der Waals surface area contributed by atoms with Gasteiger partial charge in [0.1, 0.15) is 13.2 Å². The number of para-hydroxylation sites is 2. The molecular weight excluding hydrogens is 767 g/mol. The summed E-state index contributed by atoms with van der Waals surface area (Å²) >= 11 is 4.26. The first-order valence-electron chi connectivity index (χ1n) is 19.5. The van der Waals surface area contributed by atoms with Crippen LogP contribution in [0.5, 0.6) is 23.0 Å². The molecule has 0 spiro atoms. The number of amides is 3. The lowest BCUT2D eigenvalue weighted by molar-refractivity contribution is -0.116. The molecule has 1 unspecified atom stereocenters. The van der Waals surface area contributed by atoms with E-state index in [0.717, 1.165) is 33.6 Å². The number of ether oxygens (including phenoxy) is 4. The van der Waals surface area contributed by atoms with E-state index in [0.29, 0.717) is 82.6 Å². The van der Waals surface area contributed by atoms with E-state index in [1.807, 2.05) is 79.2 Å². The van der Waals surface area contributed by atoms with Gasteiger partial charge < -0.3 is 24.3 Å². The molecule has 4 aliphatic heterocycles. The zero-order chi connectivity index (χ0) is 40.6. The van der Waals surface area contributed by atoms with E-state index in [1.165, 1.54) is 14.2 Å². The Morgan fingerprint density at radius 1 is 0.695 bits per heavy atom. The number of hydrogen-bond acceptors (Lipinski definition) is 10. The molecule has 1 N–H and O–H groups in total. The van der Waals surface area contributed by atoms with Crippen LogP contribution >= 0.6 is 12.6 Å². The molecule has 0 saturated heterocycles. The topological polar surface area (TPSA) is 131 Å². The standard InChI is InChI=1S/C46H41N5O7S/c1-55-40-19-34-36(47-23-32-17-29-8-3-5-10-38(29)50(32)45(34)53)21-42(40)57-25-27-14-28(16-31(15-27)49-44(52)12-7-13-59)26-58-43-22-37-35(20-41(43)56-2)46(54)51-33(24-48-37)18-30-9-4-6-11-39(30)51/h3-6,8-11,14-16,19-24,32-33,59H,7,12-13,17-18,25-26H2,1-2H3,(H,49,52)/t32-,33?/m0/s1. The van der Waals surface area contributed by atoms with E-state index in [-0.39, 0.29) is 43.0 Å². The Labute approximate surface area is 346 Å². The molecule has 0 fully saturated rings. The Morgan fingerprint density at radius 3 is 1.66 bits per heavy atom. The van der Waals surface area contributed by atoms with Gasteiger partial charge in [-0.1, -0.05) is 36.4 Å². The first-order valence-corrected chi connectivity index (χ1v) is 20.1. The zero-order valence-electron chi connectivity index (χ0n) is 32.5. The highest BCUT2D eigenvalue weighted by atomic mass is 32.1. The molecule has 59 heavy (non-hydrogen) atoms. The van der Waals surface area contributed by atoms with E-state index < -0.39 is 0 Å². The van der Waals surface area contributed by atoms with Gasteiger partial charge in [0.25, 0.3) is 11.8 Å². The van der Waals surface area contributed by atoms with Crippen molar-refractivity contribution in [3.05, 3.63) is 124 Å². The summed E-state index contributed by atoms with van der Waals surface area (Å²) < 4.78 is 24.2. The van der Waals surface area contributed by atoms with Gasteiger partial charge >= 0.3 is 0 Å². The lowest BCUT2D eigenvalue weighted by Gasteiger charge is -2.22. The molecule has 13 heteroatoms. The van der Waals surface area contributed by atoms with E-state index in [9.17, 15) is 14.4 Å². The highest BCUT2D eigenvalue weighted by molar-refractivity contribution is 7.80. The highest BCUT2D eigenvalue weighted by Crippen LogP contribution is 2.43. The second kappa shape index (κ2) is 16.0. The number of anilines is 3. The molecule has 0 radical (unpaired) electrons. The van der Waals surface area contributed by atoms with Gasteiger partial charge in [-0.15, -0.1) is 0 Å². The largest absolute Gasteiger partial charge is 0.493 e. The molecule has 4 aliphatic rings. The van der Waals surface area contributed by atoms with Crippen LogP contribution in [0, 0.1) is 0 Å². The van der Waals surface area contributed by atoms with Crippen LogP contribution in [0.15, 0.2) is 101 Å². The number of benzene rings is 5. The summed E-state index contributed by atoms with van der Waals surface area (Å²) in [5, 5.41) is 3.00. The first kappa shape index (κ1) is 37.9. The summed E-state index contributed by atoms with van der Waals surface area (Å²) in [6.07, 6.45) is 5.97. The quantitative estimate of drug-likeness (QED) is 0.122. The third kappa shape index (κ3) is 7.26. The second-order valence-corrected chi connectivity index (χ2v) is 15.2. The Hall–Kier alpha value is -6.60. The Kier molecular flexibility index (Phi) is 10.3. The number of rotatable bonds is 12. The predicted octanol–water partition coefficient (Wildman–Crippen LogP) is 8.09. The van der Waals surface area contributed by atoms with Gasteiger partial charge in [-0.3, -0.25) is 34.2 Å². The lowest BCUT2D eigenvalue weighted by atomic mass is 10.1. The van der Waals surface area contributed by atoms with Gasteiger partial charge in [-0.2, -0.15) is 12.6 Å². The summed E-state index contributed by atoms with van der Waals surface area (Å²) in [5.74, 6) is 1.74. The van der Waals surface area contributed by atoms with Crippen molar-refractivity contribution >= 4 is 71.2 Å². The highest BCUT2D eigenvalue weighted by Gasteiger charge is 2.38. The zero-order valence-corrected chi connectivity index (χ0v) is 33.4. The SMILES string of the molecule is COc1cc2c(cc1OCc1cc(COc3cc4c(cc3OC)C(=O)N3c5ccccc5C[C@H]3C=N4)cc(NC(=O)CCCS)c1)N=CC1Cc3ccccc3N1C2=O. The molecule has 0 saturated carbocycles. The van der Waals surface area contributed by atoms with Gasteiger partial charge in [0.15, 0.2) is 23.0 Å². The van der Waals surface area contributed by atoms with Crippen molar-refractivity contribution in [1.82, 2.24) is 0 Å². The van der Waals surface area contributed by atoms with Crippen LogP contribution in [0.25, 0.3) is 0 Å². The summed E-state index contributed by atoms with van der Waals surface area (Å²) in [6.45, 7) is 0.199. The molecule has 2 atom stereocenters. The van der Waals surface area contributed by atoms with Crippen molar-refractivity contribution in [3.8, 4) is 23.0 Å².